The monoisotopic (exact) mass is 426 g/mol. The fourth-order valence-electron chi connectivity index (χ4n) is 3.22. The highest BCUT2D eigenvalue weighted by Crippen LogP contribution is 2.31. The Balaban J connectivity index is 1.83. The summed E-state index contributed by atoms with van der Waals surface area (Å²) in [4.78, 5) is 2.18. The van der Waals surface area contributed by atoms with Crippen molar-refractivity contribution in [3.8, 4) is 0 Å². The topological polar surface area (TPSA) is 40.6 Å². The molecule has 4 nitrogen and oxygen atoms in total. The normalized spacial score (nSPS) is 18.4. The third kappa shape index (κ3) is 3.88. The number of para-hydroxylation sites is 1. The first-order valence-electron chi connectivity index (χ1n) is 8.12. The van der Waals surface area contributed by atoms with Crippen LogP contribution < -0.4 is 4.90 Å². The van der Waals surface area contributed by atoms with Gasteiger partial charge in [0.25, 0.3) is 0 Å². The molecule has 0 saturated carbocycles. The molecule has 0 aromatic heterocycles. The summed E-state index contributed by atoms with van der Waals surface area (Å²) in [5, 5.41) is 0. The molecule has 1 aliphatic heterocycles. The van der Waals surface area contributed by atoms with Crippen molar-refractivity contribution >= 4 is 31.6 Å². The van der Waals surface area contributed by atoms with Crippen LogP contribution in [0, 0.1) is 5.82 Å². The smallest absolute Gasteiger partial charge is 0.244 e. The third-order valence-corrected chi connectivity index (χ3v) is 7.41. The first kappa shape index (κ1) is 18.4. The van der Waals surface area contributed by atoms with Gasteiger partial charge in [-0.3, -0.25) is 0 Å². The van der Waals surface area contributed by atoms with Crippen molar-refractivity contribution in [1.82, 2.24) is 4.31 Å². The summed E-state index contributed by atoms with van der Waals surface area (Å²) in [6.45, 7) is 1.10. The van der Waals surface area contributed by atoms with E-state index in [0.717, 1.165) is 18.5 Å². The van der Waals surface area contributed by atoms with Crippen molar-refractivity contribution in [2.75, 3.05) is 25.0 Å². The van der Waals surface area contributed by atoms with Gasteiger partial charge in [0.1, 0.15) is 5.82 Å². The number of benzene rings is 2. The number of rotatable bonds is 5. The zero-order chi connectivity index (χ0) is 18.0. The predicted molar refractivity (Wildman–Crippen MR) is 101 cm³/mol. The van der Waals surface area contributed by atoms with Crippen LogP contribution in [0.2, 0.25) is 0 Å². The van der Waals surface area contributed by atoms with Crippen LogP contribution in [0.25, 0.3) is 0 Å². The molecule has 0 spiro atoms. The number of halogens is 2. The van der Waals surface area contributed by atoms with Gasteiger partial charge in [-0.25, -0.2) is 12.8 Å². The molecule has 0 amide bonds. The third-order valence-electron chi connectivity index (χ3n) is 4.49. The molecule has 1 heterocycles. The number of sulfonamides is 1. The van der Waals surface area contributed by atoms with Gasteiger partial charge in [0, 0.05) is 36.3 Å². The first-order chi connectivity index (χ1) is 11.9. The molecule has 3 rings (SSSR count). The fourth-order valence-corrected chi connectivity index (χ4v) is 5.92. The van der Waals surface area contributed by atoms with Gasteiger partial charge >= 0.3 is 0 Å². The predicted octanol–water partition coefficient (Wildman–Crippen LogP) is 3.88. The summed E-state index contributed by atoms with van der Waals surface area (Å²) in [5.41, 5.74) is 1.05. The van der Waals surface area contributed by atoms with Crippen molar-refractivity contribution in [1.29, 1.82) is 0 Å². The lowest BCUT2D eigenvalue weighted by Crippen LogP contribution is -2.42. The van der Waals surface area contributed by atoms with E-state index in [-0.39, 0.29) is 15.4 Å². The lowest BCUT2D eigenvalue weighted by molar-refractivity contribution is 0.389. The standard InChI is InChI=1S/C18H20BrFN2O2S/c1-21(15-6-3-2-4-7-15)13-16-8-5-11-22(16)25(23,24)18-10-9-14(20)12-17(18)19/h2-4,6-7,9-10,12,16H,5,8,11,13H2,1H3. The van der Waals surface area contributed by atoms with Crippen LogP contribution in [-0.2, 0) is 10.0 Å². The van der Waals surface area contributed by atoms with Crippen LogP contribution in [0.15, 0.2) is 57.9 Å². The number of hydrogen-bond acceptors (Lipinski definition) is 3. The summed E-state index contributed by atoms with van der Waals surface area (Å²) in [5.74, 6) is -0.465. The van der Waals surface area contributed by atoms with Gasteiger partial charge < -0.3 is 4.90 Å². The molecule has 1 fully saturated rings. The van der Waals surface area contributed by atoms with E-state index in [1.807, 2.05) is 37.4 Å². The molecule has 0 N–H and O–H groups in total. The van der Waals surface area contributed by atoms with Gasteiger partial charge in [0.2, 0.25) is 10.0 Å². The van der Waals surface area contributed by atoms with Crippen LogP contribution >= 0.6 is 15.9 Å². The molecule has 0 bridgehead atoms. The van der Waals surface area contributed by atoms with E-state index < -0.39 is 15.8 Å². The second-order valence-electron chi connectivity index (χ2n) is 6.20. The minimum atomic E-state index is -3.67. The van der Waals surface area contributed by atoms with Crippen molar-refractivity contribution in [2.45, 2.75) is 23.8 Å². The Morgan fingerprint density at radius 3 is 2.64 bits per heavy atom. The maximum Gasteiger partial charge on any atom is 0.244 e. The molecular weight excluding hydrogens is 407 g/mol. The van der Waals surface area contributed by atoms with Crippen LogP contribution in [0.3, 0.4) is 0 Å². The fraction of sp³-hybridized carbons (Fsp3) is 0.333. The van der Waals surface area contributed by atoms with Crippen LogP contribution in [0.5, 0.6) is 0 Å². The van der Waals surface area contributed by atoms with Gasteiger partial charge in [0.05, 0.1) is 4.90 Å². The zero-order valence-electron chi connectivity index (χ0n) is 13.9. The number of hydrogen-bond donors (Lipinski definition) is 0. The number of nitrogens with zero attached hydrogens (tertiary/aromatic N) is 2. The summed E-state index contributed by atoms with van der Waals surface area (Å²) >= 11 is 3.18. The number of anilines is 1. The van der Waals surface area contributed by atoms with E-state index in [4.69, 9.17) is 0 Å². The minimum absolute atomic E-state index is 0.104. The highest BCUT2D eigenvalue weighted by atomic mass is 79.9. The molecule has 1 unspecified atom stereocenters. The van der Waals surface area contributed by atoms with E-state index in [1.54, 1.807) is 4.31 Å². The molecular formula is C18H20BrFN2O2S. The Morgan fingerprint density at radius 1 is 1.24 bits per heavy atom. The molecule has 7 heteroatoms. The minimum Gasteiger partial charge on any atom is -0.373 e. The highest BCUT2D eigenvalue weighted by molar-refractivity contribution is 9.10. The van der Waals surface area contributed by atoms with Gasteiger partial charge in [-0.1, -0.05) is 18.2 Å². The zero-order valence-corrected chi connectivity index (χ0v) is 16.3. The van der Waals surface area contributed by atoms with Gasteiger partial charge in [-0.05, 0) is 59.1 Å². The van der Waals surface area contributed by atoms with Crippen LogP contribution in [-0.4, -0.2) is 38.9 Å². The van der Waals surface area contributed by atoms with E-state index in [2.05, 4.69) is 20.8 Å². The Morgan fingerprint density at radius 2 is 1.96 bits per heavy atom. The SMILES string of the molecule is CN(CC1CCCN1S(=O)(=O)c1ccc(F)cc1Br)c1ccccc1. The largest absolute Gasteiger partial charge is 0.373 e. The first-order valence-corrected chi connectivity index (χ1v) is 10.4. The molecule has 0 radical (unpaired) electrons. The average molecular weight is 427 g/mol. The van der Waals surface area contributed by atoms with Crippen molar-refractivity contribution < 1.29 is 12.8 Å². The van der Waals surface area contributed by atoms with Crippen molar-refractivity contribution in [2.24, 2.45) is 0 Å². The molecule has 134 valence electrons. The Kier molecular flexibility index (Phi) is 5.46. The summed E-state index contributed by atoms with van der Waals surface area (Å²) < 4.78 is 41.2. The molecule has 1 aliphatic rings. The molecule has 0 aliphatic carbocycles. The van der Waals surface area contributed by atoms with Crippen LogP contribution in [0.1, 0.15) is 12.8 Å². The lowest BCUT2D eigenvalue weighted by Gasteiger charge is -2.29. The van der Waals surface area contributed by atoms with Crippen molar-refractivity contribution in [3.63, 3.8) is 0 Å². The quantitative estimate of drug-likeness (QED) is 0.728. The molecule has 1 atom stereocenters. The van der Waals surface area contributed by atoms with E-state index in [0.29, 0.717) is 13.1 Å². The lowest BCUT2D eigenvalue weighted by atomic mass is 10.2. The highest BCUT2D eigenvalue weighted by Gasteiger charge is 2.36. The van der Waals surface area contributed by atoms with Gasteiger partial charge in [-0.15, -0.1) is 0 Å². The Hall–Kier alpha value is -1.44. The average Bonchev–Trinajstić information content (AvgIpc) is 3.04. The second-order valence-corrected chi connectivity index (χ2v) is 8.92. The van der Waals surface area contributed by atoms with E-state index in [1.165, 1.54) is 18.2 Å². The molecule has 1 saturated heterocycles. The van der Waals surface area contributed by atoms with E-state index in [9.17, 15) is 12.8 Å². The van der Waals surface area contributed by atoms with Crippen molar-refractivity contribution in [3.05, 3.63) is 58.8 Å². The summed E-state index contributed by atoms with van der Waals surface area (Å²) in [7, 11) is -1.71. The number of likely N-dealkylation sites (N-methyl/N-ethyl adjacent to an activating group) is 1. The van der Waals surface area contributed by atoms with Gasteiger partial charge in [0.15, 0.2) is 0 Å². The Bertz CT molecular complexity index is 845. The summed E-state index contributed by atoms with van der Waals surface area (Å²) in [6, 6.07) is 13.5. The second kappa shape index (κ2) is 7.43. The summed E-state index contributed by atoms with van der Waals surface area (Å²) in [6.07, 6.45) is 1.64. The maximum absolute atomic E-state index is 13.3. The Labute approximate surface area is 156 Å². The molecule has 25 heavy (non-hydrogen) atoms. The van der Waals surface area contributed by atoms with E-state index >= 15 is 0 Å². The van der Waals surface area contributed by atoms with Crippen LogP contribution in [0.4, 0.5) is 10.1 Å². The maximum atomic E-state index is 13.3. The molecule has 2 aromatic carbocycles. The molecule has 2 aromatic rings. The van der Waals surface area contributed by atoms with Gasteiger partial charge in [-0.2, -0.15) is 4.31 Å².